The van der Waals surface area contributed by atoms with Crippen molar-refractivity contribution in [2.75, 3.05) is 19.7 Å². The average molecular weight is 374 g/mol. The van der Waals surface area contributed by atoms with Gasteiger partial charge in [-0.05, 0) is 50.2 Å². The second-order valence-electron chi connectivity index (χ2n) is 8.16. The first-order valence-electron chi connectivity index (χ1n) is 10.0. The van der Waals surface area contributed by atoms with Gasteiger partial charge in [0.25, 0.3) is 5.91 Å². The van der Waals surface area contributed by atoms with Crippen LogP contribution in [0.3, 0.4) is 0 Å². The smallest absolute Gasteiger partial charge is 0.259 e. The van der Waals surface area contributed by atoms with Gasteiger partial charge in [-0.3, -0.25) is 14.5 Å². The van der Waals surface area contributed by atoms with Gasteiger partial charge in [-0.15, -0.1) is 0 Å². The summed E-state index contributed by atoms with van der Waals surface area (Å²) in [5, 5.41) is 0. The van der Waals surface area contributed by atoms with Crippen molar-refractivity contribution < 1.29 is 18.7 Å². The summed E-state index contributed by atoms with van der Waals surface area (Å²) in [7, 11) is 0. The summed E-state index contributed by atoms with van der Waals surface area (Å²) in [5.74, 6) is -0.652. The van der Waals surface area contributed by atoms with E-state index in [0.717, 1.165) is 38.8 Å². The van der Waals surface area contributed by atoms with Gasteiger partial charge in [0.05, 0.1) is 12.2 Å². The number of nitrogens with zero attached hydrogens (tertiary/aromatic N) is 2. The molecule has 3 fully saturated rings. The maximum absolute atomic E-state index is 14.4. The first kappa shape index (κ1) is 18.4. The zero-order valence-electron chi connectivity index (χ0n) is 15.8. The lowest BCUT2D eigenvalue weighted by Crippen LogP contribution is -2.57. The summed E-state index contributed by atoms with van der Waals surface area (Å²) in [6.45, 7) is 3.79. The second kappa shape index (κ2) is 7.23. The molecule has 2 aliphatic heterocycles. The summed E-state index contributed by atoms with van der Waals surface area (Å²) in [6.07, 6.45) is 5.38. The number of amides is 2. The molecular weight excluding hydrogens is 347 g/mol. The molecule has 146 valence electrons. The van der Waals surface area contributed by atoms with E-state index in [1.54, 1.807) is 17.0 Å². The largest absolute Gasteiger partial charge is 0.353 e. The van der Waals surface area contributed by atoms with Crippen molar-refractivity contribution in [1.82, 2.24) is 9.80 Å². The number of carbonyl (C=O) groups excluding carboxylic acids is 2. The Labute approximate surface area is 159 Å². The van der Waals surface area contributed by atoms with Crippen molar-refractivity contribution in [2.45, 2.75) is 57.2 Å². The number of carbonyl (C=O) groups is 2. The Bertz CT molecular complexity index is 734. The number of likely N-dealkylation sites (tertiary alicyclic amines) is 1. The van der Waals surface area contributed by atoms with E-state index in [-0.39, 0.29) is 18.1 Å². The maximum Gasteiger partial charge on any atom is 0.259 e. The number of hydrogen-bond acceptors (Lipinski definition) is 3. The highest BCUT2D eigenvalue weighted by Crippen LogP contribution is 2.44. The number of hydrogen-bond donors (Lipinski definition) is 0. The van der Waals surface area contributed by atoms with Gasteiger partial charge in [0, 0.05) is 13.1 Å². The molecule has 3 atom stereocenters. The Hall–Kier alpha value is -1.95. The van der Waals surface area contributed by atoms with Gasteiger partial charge in [0.1, 0.15) is 17.6 Å². The van der Waals surface area contributed by atoms with Crippen molar-refractivity contribution in [3.63, 3.8) is 0 Å². The Kier molecular flexibility index (Phi) is 4.93. The third-order valence-electron chi connectivity index (χ3n) is 6.22. The minimum Gasteiger partial charge on any atom is -0.353 e. The van der Waals surface area contributed by atoms with Crippen LogP contribution >= 0.6 is 0 Å². The lowest BCUT2D eigenvalue weighted by atomic mass is 9.83. The predicted octanol–water partition coefficient (Wildman–Crippen LogP) is 3.20. The maximum atomic E-state index is 14.4. The highest BCUT2D eigenvalue weighted by molar-refractivity contribution is 5.98. The number of benzene rings is 1. The van der Waals surface area contributed by atoms with Crippen LogP contribution in [0, 0.1) is 11.7 Å². The molecule has 0 radical (unpaired) electrons. The first-order chi connectivity index (χ1) is 13.0. The van der Waals surface area contributed by atoms with Crippen LogP contribution in [0.15, 0.2) is 24.3 Å². The van der Waals surface area contributed by atoms with Gasteiger partial charge in [0.2, 0.25) is 5.91 Å². The molecule has 1 aromatic rings. The van der Waals surface area contributed by atoms with Crippen LogP contribution in [0.25, 0.3) is 0 Å². The van der Waals surface area contributed by atoms with Crippen molar-refractivity contribution in [2.24, 2.45) is 5.92 Å². The molecule has 0 aromatic heterocycles. The Morgan fingerprint density at radius 3 is 2.63 bits per heavy atom. The molecule has 5 nitrogen and oxygen atoms in total. The predicted molar refractivity (Wildman–Crippen MR) is 98.5 cm³/mol. The molecule has 1 aliphatic carbocycles. The molecule has 2 saturated heterocycles. The van der Waals surface area contributed by atoms with Gasteiger partial charge in [-0.25, -0.2) is 4.39 Å². The molecule has 3 aliphatic rings. The van der Waals surface area contributed by atoms with Crippen molar-refractivity contribution in [3.05, 3.63) is 35.6 Å². The molecule has 1 saturated carbocycles. The average Bonchev–Trinajstić information content (AvgIpc) is 3.30. The Balaban J connectivity index is 1.70. The van der Waals surface area contributed by atoms with Crippen LogP contribution < -0.4 is 0 Å². The monoisotopic (exact) mass is 374 g/mol. The molecule has 4 rings (SSSR count). The SMILES string of the molecule is C[C@@H]1CCC[C@@]2(C1)OC[C@@H](C(=O)N1CCCC1)N2C(=O)c1ccccc1F. The lowest BCUT2D eigenvalue weighted by Gasteiger charge is -2.43. The fourth-order valence-electron chi connectivity index (χ4n) is 4.91. The van der Waals surface area contributed by atoms with E-state index in [1.165, 1.54) is 12.1 Å². The van der Waals surface area contributed by atoms with Crippen LogP contribution in [0.5, 0.6) is 0 Å². The molecule has 1 aromatic carbocycles. The molecule has 27 heavy (non-hydrogen) atoms. The zero-order valence-corrected chi connectivity index (χ0v) is 15.8. The number of rotatable bonds is 2. The quantitative estimate of drug-likeness (QED) is 0.799. The van der Waals surface area contributed by atoms with Gasteiger partial charge in [0.15, 0.2) is 0 Å². The van der Waals surface area contributed by atoms with Crippen molar-refractivity contribution in [3.8, 4) is 0 Å². The van der Waals surface area contributed by atoms with Crippen molar-refractivity contribution in [1.29, 1.82) is 0 Å². The van der Waals surface area contributed by atoms with Crippen LogP contribution in [0.1, 0.15) is 55.8 Å². The number of halogens is 1. The standard InChI is InChI=1S/C21H27FN2O3/c1-15-7-6-10-21(13-15)24(19(25)16-8-2-3-9-17(16)22)18(14-27-21)20(26)23-11-4-5-12-23/h2-3,8-9,15,18H,4-7,10-14H2,1H3/t15-,18+,21+/m1/s1. The highest BCUT2D eigenvalue weighted by atomic mass is 19.1. The minimum absolute atomic E-state index is 0.0137. The summed E-state index contributed by atoms with van der Waals surface area (Å²) < 4.78 is 20.5. The topological polar surface area (TPSA) is 49.9 Å². The van der Waals surface area contributed by atoms with Gasteiger partial charge >= 0.3 is 0 Å². The van der Waals surface area contributed by atoms with E-state index in [4.69, 9.17) is 4.74 Å². The molecular formula is C21H27FN2O3. The van der Waals surface area contributed by atoms with Crippen LogP contribution in [0.4, 0.5) is 4.39 Å². The van der Waals surface area contributed by atoms with Crippen LogP contribution in [0.2, 0.25) is 0 Å². The molecule has 0 N–H and O–H groups in total. The Morgan fingerprint density at radius 2 is 1.93 bits per heavy atom. The molecule has 0 unspecified atom stereocenters. The molecule has 2 heterocycles. The van der Waals surface area contributed by atoms with E-state index in [1.807, 2.05) is 4.90 Å². The van der Waals surface area contributed by atoms with Crippen molar-refractivity contribution >= 4 is 11.8 Å². The van der Waals surface area contributed by atoms with Gasteiger partial charge in [-0.1, -0.05) is 25.5 Å². The fraction of sp³-hybridized carbons (Fsp3) is 0.619. The summed E-state index contributed by atoms with van der Waals surface area (Å²) in [6, 6.07) is 5.34. The molecule has 0 bridgehead atoms. The molecule has 6 heteroatoms. The third-order valence-corrected chi connectivity index (χ3v) is 6.22. The van der Waals surface area contributed by atoms with Crippen LogP contribution in [-0.4, -0.2) is 53.1 Å². The zero-order chi connectivity index (χ0) is 19.0. The van der Waals surface area contributed by atoms with E-state index >= 15 is 0 Å². The highest BCUT2D eigenvalue weighted by Gasteiger charge is 2.55. The third kappa shape index (κ3) is 3.24. The van der Waals surface area contributed by atoms with E-state index < -0.39 is 23.5 Å². The van der Waals surface area contributed by atoms with E-state index in [9.17, 15) is 14.0 Å². The van der Waals surface area contributed by atoms with E-state index in [0.29, 0.717) is 18.8 Å². The fourth-order valence-corrected chi connectivity index (χ4v) is 4.91. The Morgan fingerprint density at radius 1 is 1.19 bits per heavy atom. The van der Waals surface area contributed by atoms with Crippen LogP contribution in [-0.2, 0) is 9.53 Å². The molecule has 1 spiro atoms. The first-order valence-corrected chi connectivity index (χ1v) is 10.0. The summed E-state index contributed by atoms with van der Waals surface area (Å²) in [4.78, 5) is 30.0. The lowest BCUT2D eigenvalue weighted by molar-refractivity contribution is -0.137. The minimum atomic E-state index is -0.795. The molecule has 2 amide bonds. The van der Waals surface area contributed by atoms with Gasteiger partial charge < -0.3 is 9.64 Å². The number of ether oxygens (including phenoxy) is 1. The second-order valence-corrected chi connectivity index (χ2v) is 8.16. The van der Waals surface area contributed by atoms with Gasteiger partial charge in [-0.2, -0.15) is 0 Å². The summed E-state index contributed by atoms with van der Waals surface area (Å²) >= 11 is 0. The summed E-state index contributed by atoms with van der Waals surface area (Å²) in [5.41, 5.74) is -0.781. The normalized spacial score (nSPS) is 30.9. The van der Waals surface area contributed by atoms with E-state index in [2.05, 4.69) is 6.92 Å².